The van der Waals surface area contributed by atoms with Gasteiger partial charge in [0.2, 0.25) is 0 Å². The highest BCUT2D eigenvalue weighted by atomic mass is 19.1. The maximum Gasteiger partial charge on any atom is 0.319 e. The van der Waals surface area contributed by atoms with E-state index in [4.69, 9.17) is 9.72 Å². The fourth-order valence-corrected chi connectivity index (χ4v) is 6.22. The van der Waals surface area contributed by atoms with Gasteiger partial charge in [0.1, 0.15) is 28.6 Å². The second kappa shape index (κ2) is 10.3. The summed E-state index contributed by atoms with van der Waals surface area (Å²) in [5.41, 5.74) is 0.778. The fraction of sp³-hybridized carbons (Fsp3) is 0.355. The average molecular weight is 554 g/mol. The van der Waals surface area contributed by atoms with Crippen LogP contribution in [0.2, 0.25) is 0 Å². The first-order chi connectivity index (χ1) is 19.9. The molecular formula is C31H32FN7O2. The van der Waals surface area contributed by atoms with Crippen LogP contribution in [0.15, 0.2) is 55.0 Å². The molecule has 0 spiro atoms. The van der Waals surface area contributed by atoms with Gasteiger partial charge in [-0.1, -0.05) is 24.3 Å². The Morgan fingerprint density at radius 2 is 1.88 bits per heavy atom. The zero-order valence-electron chi connectivity index (χ0n) is 23.1. The number of benzene rings is 2. The third-order valence-electron chi connectivity index (χ3n) is 8.12. The number of fused-ring (bicyclic) bond motifs is 4. The summed E-state index contributed by atoms with van der Waals surface area (Å²) in [6.07, 6.45) is 8.18. The predicted molar refractivity (Wildman–Crippen MR) is 156 cm³/mol. The molecule has 9 nitrogen and oxygen atoms in total. The van der Waals surface area contributed by atoms with Gasteiger partial charge in [0.05, 0.1) is 12.0 Å². The number of aromatic nitrogens is 5. The predicted octanol–water partition coefficient (Wildman–Crippen LogP) is 5.03. The molecule has 41 heavy (non-hydrogen) atoms. The molecule has 2 atom stereocenters. The Labute approximate surface area is 237 Å². The number of hydrogen-bond donors (Lipinski definition) is 2. The molecule has 0 radical (unpaired) electrons. The van der Waals surface area contributed by atoms with E-state index in [9.17, 15) is 5.11 Å². The maximum absolute atomic E-state index is 16.5. The molecule has 2 aromatic carbocycles. The Morgan fingerprint density at radius 3 is 2.68 bits per heavy atom. The molecule has 2 aliphatic heterocycles. The lowest BCUT2D eigenvalue weighted by atomic mass is 10.0. The van der Waals surface area contributed by atoms with Crippen LogP contribution < -0.4 is 15.0 Å². The molecule has 7 rings (SSSR count). The summed E-state index contributed by atoms with van der Waals surface area (Å²) in [4.78, 5) is 20.6. The summed E-state index contributed by atoms with van der Waals surface area (Å²) in [6, 6.07) is 11.9. The molecule has 0 amide bonds. The number of phenols is 1. The molecule has 10 heteroatoms. The van der Waals surface area contributed by atoms with E-state index in [-0.39, 0.29) is 29.0 Å². The normalized spacial score (nSPS) is 18.6. The minimum absolute atomic E-state index is 0.0449. The van der Waals surface area contributed by atoms with Gasteiger partial charge in [0.25, 0.3) is 0 Å². The van der Waals surface area contributed by atoms with E-state index in [2.05, 4.69) is 43.6 Å². The summed E-state index contributed by atoms with van der Waals surface area (Å²) in [6.45, 7) is 6.06. The Hall–Kier alpha value is -4.31. The molecule has 210 valence electrons. The van der Waals surface area contributed by atoms with Gasteiger partial charge in [-0.2, -0.15) is 9.97 Å². The SMILES string of the molecule is CC(C)n1ccnc1CCOc1nc(N2C[C@H]3CC[C@@H](C2)N3)c2cnc(-c3cc(O)cc4ccccc34)c(F)c2n1. The van der Waals surface area contributed by atoms with Crippen molar-refractivity contribution in [3.8, 4) is 23.0 Å². The molecule has 2 N–H and O–H groups in total. The molecule has 2 bridgehead atoms. The smallest absolute Gasteiger partial charge is 0.319 e. The van der Waals surface area contributed by atoms with Crippen LogP contribution in [0.5, 0.6) is 11.8 Å². The summed E-state index contributed by atoms with van der Waals surface area (Å²) >= 11 is 0. The summed E-state index contributed by atoms with van der Waals surface area (Å²) in [7, 11) is 0. The standard InChI is InChI=1S/C31H32FN7O2/c1-18(2)39-11-10-33-26(39)9-12-41-31-36-29-25(30(37-31)38-16-20-7-8-21(17-38)35-20)15-34-28(27(29)32)24-14-22(40)13-19-5-3-4-6-23(19)24/h3-6,10-11,13-15,18,20-21,35,40H,7-9,12,16-17H2,1-2H3/t20-,21+. The van der Waals surface area contributed by atoms with Crippen LogP contribution in [-0.2, 0) is 6.42 Å². The van der Waals surface area contributed by atoms with Gasteiger partial charge >= 0.3 is 6.01 Å². The van der Waals surface area contributed by atoms with Gasteiger partial charge in [-0.15, -0.1) is 0 Å². The van der Waals surface area contributed by atoms with E-state index < -0.39 is 5.82 Å². The molecule has 0 unspecified atom stereocenters. The maximum atomic E-state index is 16.5. The first-order valence-corrected chi connectivity index (χ1v) is 14.2. The lowest BCUT2D eigenvalue weighted by Gasteiger charge is -2.34. The van der Waals surface area contributed by atoms with Crippen molar-refractivity contribution in [1.82, 2.24) is 29.8 Å². The van der Waals surface area contributed by atoms with E-state index in [1.165, 1.54) is 0 Å². The highest BCUT2D eigenvalue weighted by Gasteiger charge is 2.34. The zero-order chi connectivity index (χ0) is 28.1. The molecule has 0 aliphatic carbocycles. The number of halogens is 1. The van der Waals surface area contributed by atoms with Gasteiger partial charge in [-0.05, 0) is 49.6 Å². The quantitative estimate of drug-likeness (QED) is 0.290. The number of rotatable bonds is 7. The molecule has 2 aliphatic rings. The van der Waals surface area contributed by atoms with E-state index in [1.807, 2.05) is 30.5 Å². The van der Waals surface area contributed by atoms with Crippen molar-refractivity contribution in [3.05, 3.63) is 66.6 Å². The third-order valence-corrected chi connectivity index (χ3v) is 8.12. The lowest BCUT2D eigenvalue weighted by Crippen LogP contribution is -2.51. The molecule has 5 heterocycles. The van der Waals surface area contributed by atoms with Crippen LogP contribution in [0.4, 0.5) is 10.2 Å². The molecule has 2 saturated heterocycles. The number of imidazole rings is 1. The Morgan fingerprint density at radius 1 is 1.07 bits per heavy atom. The highest BCUT2D eigenvalue weighted by Crippen LogP contribution is 2.37. The highest BCUT2D eigenvalue weighted by molar-refractivity contribution is 5.99. The van der Waals surface area contributed by atoms with Crippen molar-refractivity contribution < 1.29 is 14.2 Å². The van der Waals surface area contributed by atoms with Crippen molar-refractivity contribution in [3.63, 3.8) is 0 Å². The lowest BCUT2D eigenvalue weighted by molar-refractivity contribution is 0.292. The number of nitrogens with one attached hydrogen (secondary N) is 1. The number of aromatic hydroxyl groups is 1. The van der Waals surface area contributed by atoms with Crippen molar-refractivity contribution in [2.75, 3.05) is 24.6 Å². The molecule has 5 aromatic rings. The van der Waals surface area contributed by atoms with Gasteiger partial charge in [0.15, 0.2) is 5.82 Å². The van der Waals surface area contributed by atoms with Crippen LogP contribution in [-0.4, -0.2) is 61.4 Å². The van der Waals surface area contributed by atoms with Crippen molar-refractivity contribution in [1.29, 1.82) is 0 Å². The Balaban J connectivity index is 1.31. The van der Waals surface area contributed by atoms with E-state index in [0.717, 1.165) is 42.5 Å². The number of anilines is 1. The first kappa shape index (κ1) is 25.6. The minimum atomic E-state index is -0.569. The summed E-state index contributed by atoms with van der Waals surface area (Å²) in [5, 5.41) is 16.2. The van der Waals surface area contributed by atoms with Crippen LogP contribution in [0, 0.1) is 5.82 Å². The van der Waals surface area contributed by atoms with Gasteiger partial charge in [-0.25, -0.2) is 9.37 Å². The number of hydrogen-bond acceptors (Lipinski definition) is 8. The number of piperazine rings is 1. The monoisotopic (exact) mass is 553 g/mol. The largest absolute Gasteiger partial charge is 0.508 e. The van der Waals surface area contributed by atoms with Crippen molar-refractivity contribution in [2.45, 2.75) is 51.2 Å². The fourth-order valence-electron chi connectivity index (χ4n) is 6.22. The number of pyridine rings is 1. The summed E-state index contributed by atoms with van der Waals surface area (Å²) < 4.78 is 24.6. The van der Waals surface area contributed by atoms with Crippen molar-refractivity contribution in [2.24, 2.45) is 0 Å². The van der Waals surface area contributed by atoms with Gasteiger partial charge in [0, 0.05) is 61.8 Å². The number of ether oxygens (including phenoxy) is 1. The third kappa shape index (κ3) is 4.72. The van der Waals surface area contributed by atoms with Gasteiger partial charge < -0.3 is 24.6 Å². The number of phenolic OH excluding ortho intramolecular Hbond substituents is 1. The first-order valence-electron chi connectivity index (χ1n) is 14.2. The zero-order valence-corrected chi connectivity index (χ0v) is 23.1. The van der Waals surface area contributed by atoms with Gasteiger partial charge in [-0.3, -0.25) is 4.98 Å². The average Bonchev–Trinajstić information content (AvgIpc) is 3.58. The van der Waals surface area contributed by atoms with E-state index in [0.29, 0.717) is 41.9 Å². The Bertz CT molecular complexity index is 1740. The van der Waals surface area contributed by atoms with Crippen molar-refractivity contribution >= 4 is 27.5 Å². The minimum Gasteiger partial charge on any atom is -0.508 e. The Kier molecular flexibility index (Phi) is 6.42. The second-order valence-corrected chi connectivity index (χ2v) is 11.2. The molecular weight excluding hydrogens is 521 g/mol. The van der Waals surface area contributed by atoms with Crippen LogP contribution in [0.3, 0.4) is 0 Å². The topological polar surface area (TPSA) is 101 Å². The number of nitrogens with zero attached hydrogens (tertiary/aromatic N) is 6. The van der Waals surface area contributed by atoms with Crippen LogP contribution >= 0.6 is 0 Å². The molecule has 3 aromatic heterocycles. The molecule has 2 fully saturated rings. The van der Waals surface area contributed by atoms with E-state index >= 15 is 4.39 Å². The van der Waals surface area contributed by atoms with Crippen LogP contribution in [0.25, 0.3) is 32.9 Å². The van der Waals surface area contributed by atoms with Crippen LogP contribution in [0.1, 0.15) is 38.6 Å². The summed E-state index contributed by atoms with van der Waals surface area (Å²) in [5.74, 6) is 1.02. The second-order valence-electron chi connectivity index (χ2n) is 11.2. The molecule has 0 saturated carbocycles. The van der Waals surface area contributed by atoms with E-state index in [1.54, 1.807) is 24.5 Å².